The largest absolute Gasteiger partial charge is 0.493 e. The van der Waals surface area contributed by atoms with Gasteiger partial charge in [0.1, 0.15) is 6.04 Å². The normalized spacial score (nSPS) is 19.5. The van der Waals surface area contributed by atoms with E-state index in [1.165, 1.54) is 27.2 Å². The quantitative estimate of drug-likeness (QED) is 0.394. The van der Waals surface area contributed by atoms with Crippen LogP contribution in [0.4, 0.5) is 5.69 Å². The van der Waals surface area contributed by atoms with Gasteiger partial charge in [0.15, 0.2) is 21.3 Å². The highest BCUT2D eigenvalue weighted by molar-refractivity contribution is 7.91. The summed E-state index contributed by atoms with van der Waals surface area (Å²) in [5.74, 6) is 0.469. The Morgan fingerprint density at radius 1 is 0.976 bits per heavy atom. The van der Waals surface area contributed by atoms with Crippen LogP contribution in [0.2, 0.25) is 0 Å². The molecule has 1 aliphatic heterocycles. The monoisotopic (exact) mass is 601 g/mol. The number of hydrogen-bond acceptors (Lipinski definition) is 9. The van der Waals surface area contributed by atoms with E-state index in [4.69, 9.17) is 14.2 Å². The SMILES string of the molecule is COc1cc2c(c(OC)c1OC)-c1ccc(N[C@H](C(=O)N[C@@H]3CCS(=O)(=O)C3)C(C)C)c(=O)cc1[C@@H](NC(C)=O)CC2. The second-order valence-electron chi connectivity index (χ2n) is 11.1. The fourth-order valence-electron chi connectivity index (χ4n) is 5.73. The molecule has 0 radical (unpaired) electrons. The Morgan fingerprint density at radius 2 is 1.69 bits per heavy atom. The van der Waals surface area contributed by atoms with Crippen molar-refractivity contribution in [2.75, 3.05) is 38.2 Å². The number of sulfone groups is 1. The first-order chi connectivity index (χ1) is 19.9. The van der Waals surface area contributed by atoms with Crippen molar-refractivity contribution in [2.24, 2.45) is 5.92 Å². The number of methoxy groups -OCH3 is 3. The number of benzene rings is 1. The topological polar surface area (TPSA) is 149 Å². The molecule has 1 fully saturated rings. The van der Waals surface area contributed by atoms with Crippen molar-refractivity contribution in [3.05, 3.63) is 45.6 Å². The van der Waals surface area contributed by atoms with Gasteiger partial charge in [-0.1, -0.05) is 19.9 Å². The molecule has 1 aliphatic carbocycles. The van der Waals surface area contributed by atoms with Crippen LogP contribution < -0.4 is 35.6 Å². The van der Waals surface area contributed by atoms with Gasteiger partial charge in [-0.05, 0) is 60.1 Å². The Labute approximate surface area is 246 Å². The molecule has 0 aromatic heterocycles. The number of carbonyl (C=O) groups is 2. The highest BCUT2D eigenvalue weighted by Gasteiger charge is 2.33. The van der Waals surface area contributed by atoms with Crippen LogP contribution in [0.3, 0.4) is 0 Å². The molecule has 0 unspecified atom stereocenters. The van der Waals surface area contributed by atoms with E-state index in [9.17, 15) is 22.8 Å². The molecular formula is C30H39N3O8S. The first kappa shape index (κ1) is 31.1. The fourth-order valence-corrected chi connectivity index (χ4v) is 7.40. The van der Waals surface area contributed by atoms with Crippen LogP contribution in [0.1, 0.15) is 50.8 Å². The van der Waals surface area contributed by atoms with Crippen molar-refractivity contribution in [2.45, 2.75) is 58.2 Å². The molecule has 228 valence electrons. The molecule has 42 heavy (non-hydrogen) atoms. The Morgan fingerprint density at radius 3 is 2.26 bits per heavy atom. The van der Waals surface area contributed by atoms with Gasteiger partial charge in [-0.25, -0.2) is 8.42 Å². The van der Waals surface area contributed by atoms with Crippen LogP contribution in [-0.4, -0.2) is 65.2 Å². The Hall–Kier alpha value is -3.80. The number of aryl methyl sites for hydroxylation is 1. The van der Waals surface area contributed by atoms with Crippen LogP contribution in [0.25, 0.3) is 11.1 Å². The van der Waals surface area contributed by atoms with Crippen LogP contribution in [0.15, 0.2) is 29.1 Å². The zero-order chi connectivity index (χ0) is 30.8. The highest BCUT2D eigenvalue weighted by atomic mass is 32.2. The van der Waals surface area contributed by atoms with Gasteiger partial charge in [0.25, 0.3) is 0 Å². The average Bonchev–Trinajstić information content (AvgIpc) is 3.10. The van der Waals surface area contributed by atoms with Crippen molar-refractivity contribution >= 4 is 27.3 Å². The molecule has 1 heterocycles. The lowest BCUT2D eigenvalue weighted by molar-refractivity contribution is -0.123. The predicted octanol–water partition coefficient (Wildman–Crippen LogP) is 2.60. The summed E-state index contributed by atoms with van der Waals surface area (Å²) in [4.78, 5) is 39.1. The first-order valence-corrected chi connectivity index (χ1v) is 15.8. The molecule has 0 spiro atoms. The van der Waals surface area contributed by atoms with Crippen molar-refractivity contribution in [3.63, 3.8) is 0 Å². The number of fused-ring (bicyclic) bond motifs is 3. The van der Waals surface area contributed by atoms with Crippen molar-refractivity contribution in [3.8, 4) is 28.4 Å². The van der Waals surface area contributed by atoms with Crippen molar-refractivity contribution in [1.29, 1.82) is 0 Å². The Kier molecular flexibility index (Phi) is 9.34. The molecule has 2 amide bonds. The molecule has 1 saturated heterocycles. The molecule has 3 atom stereocenters. The third-order valence-corrected chi connectivity index (χ3v) is 9.52. The number of hydrogen-bond donors (Lipinski definition) is 3. The minimum atomic E-state index is -3.17. The first-order valence-electron chi connectivity index (χ1n) is 13.9. The number of carbonyl (C=O) groups excluding carboxylic acids is 2. The summed E-state index contributed by atoms with van der Waals surface area (Å²) in [5.41, 5.74) is 2.73. The predicted molar refractivity (Wildman–Crippen MR) is 160 cm³/mol. The lowest BCUT2D eigenvalue weighted by atomic mass is 9.95. The lowest BCUT2D eigenvalue weighted by Crippen LogP contribution is -2.47. The summed E-state index contributed by atoms with van der Waals surface area (Å²) in [5, 5.41) is 8.92. The number of amides is 2. The summed E-state index contributed by atoms with van der Waals surface area (Å²) >= 11 is 0. The number of nitrogens with one attached hydrogen (secondary N) is 3. The highest BCUT2D eigenvalue weighted by Crippen LogP contribution is 2.50. The number of rotatable bonds is 9. The van der Waals surface area contributed by atoms with Crippen LogP contribution in [0, 0.1) is 5.92 Å². The molecular weight excluding hydrogens is 562 g/mol. The number of anilines is 1. The second-order valence-corrected chi connectivity index (χ2v) is 13.3. The summed E-state index contributed by atoms with van der Waals surface area (Å²) in [6.45, 7) is 5.12. The summed E-state index contributed by atoms with van der Waals surface area (Å²) in [6.07, 6.45) is 1.45. The van der Waals surface area contributed by atoms with E-state index in [-0.39, 0.29) is 40.4 Å². The maximum Gasteiger partial charge on any atom is 0.243 e. The van der Waals surface area contributed by atoms with Gasteiger partial charge in [0, 0.05) is 18.5 Å². The summed E-state index contributed by atoms with van der Waals surface area (Å²) in [7, 11) is 1.43. The standard InChI is InChI=1S/C30H39N3O8S/c1-16(2)27(30(36)32-19-11-12-42(37,38)15-19)33-23-10-8-20-21(14-24(23)35)22(31-17(3)34)9-7-18-13-25(39-4)28(40-5)29(41-6)26(18)20/h8,10,13-14,16,19,22,27H,7,9,11-12,15H2,1-6H3,(H,31,34)(H,32,36)(H,33,35)/t19-,22+,27+/m1/s1. The van der Waals surface area contributed by atoms with E-state index in [2.05, 4.69) is 16.0 Å². The van der Waals surface area contributed by atoms with Gasteiger partial charge in [-0.3, -0.25) is 14.4 Å². The van der Waals surface area contributed by atoms with Crippen molar-refractivity contribution < 1.29 is 32.2 Å². The zero-order valence-corrected chi connectivity index (χ0v) is 25.6. The molecule has 0 saturated carbocycles. The van der Waals surface area contributed by atoms with Crippen LogP contribution in [0.5, 0.6) is 17.2 Å². The summed E-state index contributed by atoms with van der Waals surface area (Å²) in [6, 6.07) is 5.06. The van der Waals surface area contributed by atoms with E-state index < -0.39 is 28.0 Å². The third kappa shape index (κ3) is 6.48. The van der Waals surface area contributed by atoms with Gasteiger partial charge < -0.3 is 30.2 Å². The summed E-state index contributed by atoms with van der Waals surface area (Å²) < 4.78 is 40.8. The zero-order valence-electron chi connectivity index (χ0n) is 24.8. The fraction of sp³-hybridized carbons (Fsp3) is 0.500. The van der Waals surface area contributed by atoms with Crippen LogP contribution >= 0.6 is 0 Å². The van der Waals surface area contributed by atoms with E-state index in [1.54, 1.807) is 19.2 Å². The van der Waals surface area contributed by atoms with E-state index in [0.29, 0.717) is 47.6 Å². The maximum absolute atomic E-state index is 13.7. The Balaban J connectivity index is 1.82. The Bertz CT molecular complexity index is 1540. The molecule has 2 aromatic rings. The molecule has 2 aliphatic rings. The lowest BCUT2D eigenvalue weighted by Gasteiger charge is -2.24. The van der Waals surface area contributed by atoms with E-state index >= 15 is 0 Å². The smallest absolute Gasteiger partial charge is 0.243 e. The average molecular weight is 602 g/mol. The van der Waals surface area contributed by atoms with Gasteiger partial charge in [0.05, 0.1) is 44.6 Å². The molecule has 0 bridgehead atoms. The maximum atomic E-state index is 13.7. The van der Waals surface area contributed by atoms with Crippen LogP contribution in [-0.2, 0) is 25.8 Å². The molecule has 2 aromatic carbocycles. The van der Waals surface area contributed by atoms with E-state index in [0.717, 1.165) is 11.1 Å². The van der Waals surface area contributed by atoms with Gasteiger partial charge in [0.2, 0.25) is 23.0 Å². The van der Waals surface area contributed by atoms with Gasteiger partial charge in [-0.2, -0.15) is 0 Å². The third-order valence-electron chi connectivity index (χ3n) is 7.75. The van der Waals surface area contributed by atoms with Crippen molar-refractivity contribution in [1.82, 2.24) is 10.6 Å². The second kappa shape index (κ2) is 12.6. The van der Waals surface area contributed by atoms with Gasteiger partial charge in [-0.15, -0.1) is 0 Å². The molecule has 12 heteroatoms. The molecule has 3 N–H and O–H groups in total. The van der Waals surface area contributed by atoms with E-state index in [1.807, 2.05) is 19.9 Å². The molecule has 11 nitrogen and oxygen atoms in total. The number of ether oxygens (including phenoxy) is 3. The molecule has 4 rings (SSSR count). The van der Waals surface area contributed by atoms with Gasteiger partial charge >= 0.3 is 0 Å². The minimum absolute atomic E-state index is 0.0412. The minimum Gasteiger partial charge on any atom is -0.493 e.